The van der Waals surface area contributed by atoms with Gasteiger partial charge in [-0.1, -0.05) is 25.5 Å². The molecule has 1 heterocycles. The molecule has 0 spiro atoms. The Morgan fingerprint density at radius 3 is 2.54 bits per heavy atom. The first-order valence-electron chi connectivity index (χ1n) is 8.29. The molecule has 24 heavy (non-hydrogen) atoms. The molecule has 0 amide bonds. The molecule has 0 saturated heterocycles. The number of Topliss-reactive ketones (excluding diaryl/α,β-unsaturated/α-hetero) is 1. The van der Waals surface area contributed by atoms with Gasteiger partial charge in [0.2, 0.25) is 0 Å². The van der Waals surface area contributed by atoms with Crippen LogP contribution in [0.3, 0.4) is 0 Å². The van der Waals surface area contributed by atoms with Crippen molar-refractivity contribution in [3.8, 4) is 17.2 Å². The number of ketones is 1. The third-order valence-electron chi connectivity index (χ3n) is 4.18. The van der Waals surface area contributed by atoms with E-state index < -0.39 is 5.60 Å². The predicted molar refractivity (Wildman–Crippen MR) is 95.7 cm³/mol. The number of fused-ring (bicyclic) bond motifs is 1. The Labute approximate surface area is 143 Å². The number of carbonyl (C=O) groups is 1. The zero-order valence-electron chi connectivity index (χ0n) is 15.0. The van der Waals surface area contributed by atoms with Gasteiger partial charge in [-0.05, 0) is 45.8 Å². The van der Waals surface area contributed by atoms with Crippen LogP contribution in [0.4, 0.5) is 0 Å². The Hall–Kier alpha value is -2.23. The highest BCUT2D eigenvalue weighted by Gasteiger charge is 2.33. The Morgan fingerprint density at radius 1 is 1.29 bits per heavy atom. The Balaban J connectivity index is 2.45. The summed E-state index contributed by atoms with van der Waals surface area (Å²) in [5, 5.41) is 20.3. The molecule has 2 N–H and O–H groups in total. The number of allylic oxidation sites excluding steroid dienone is 2. The monoisotopic (exact) mass is 330 g/mol. The van der Waals surface area contributed by atoms with E-state index in [2.05, 4.69) is 6.08 Å². The number of carbonyl (C=O) groups excluding carboxylic acids is 1. The maximum Gasteiger partial charge on any atom is 0.172 e. The summed E-state index contributed by atoms with van der Waals surface area (Å²) in [7, 11) is 0. The van der Waals surface area contributed by atoms with E-state index in [4.69, 9.17) is 4.74 Å². The van der Waals surface area contributed by atoms with Gasteiger partial charge >= 0.3 is 0 Å². The van der Waals surface area contributed by atoms with Crippen LogP contribution in [0.25, 0.3) is 6.08 Å². The molecule has 0 saturated carbocycles. The lowest BCUT2D eigenvalue weighted by Crippen LogP contribution is -2.32. The first-order valence-corrected chi connectivity index (χ1v) is 8.29. The van der Waals surface area contributed by atoms with Crippen molar-refractivity contribution in [1.82, 2.24) is 0 Å². The fraction of sp³-hybridized carbons (Fsp3) is 0.450. The van der Waals surface area contributed by atoms with E-state index in [1.54, 1.807) is 19.9 Å². The van der Waals surface area contributed by atoms with E-state index in [9.17, 15) is 15.0 Å². The molecule has 4 heteroatoms. The first-order chi connectivity index (χ1) is 11.1. The minimum absolute atomic E-state index is 0.0922. The van der Waals surface area contributed by atoms with Crippen LogP contribution in [-0.2, 0) is 0 Å². The summed E-state index contributed by atoms with van der Waals surface area (Å²) in [4.78, 5) is 12.5. The molecule has 1 aliphatic heterocycles. The molecular formula is C20H26O4. The number of hydrogen-bond donors (Lipinski definition) is 2. The van der Waals surface area contributed by atoms with E-state index in [1.807, 2.05) is 26.8 Å². The molecule has 0 aromatic heterocycles. The lowest BCUT2D eigenvalue weighted by Gasteiger charge is -2.33. The molecule has 1 atom stereocenters. The summed E-state index contributed by atoms with van der Waals surface area (Å²) in [5.41, 5.74) is 1.24. The number of phenols is 2. The summed E-state index contributed by atoms with van der Waals surface area (Å²) in [6.45, 7) is 9.58. The molecule has 4 nitrogen and oxygen atoms in total. The standard InChI is InChI=1S/C20H26O4/c1-12(2)7-6-9-20(5)10-8-14-15(21)11-16(22)17(19(14)24-20)18(23)13(3)4/h7-8,10-11,13,21-22H,6,9H2,1-5H3/t20-/m1/s1. The van der Waals surface area contributed by atoms with Gasteiger partial charge in [0, 0.05) is 12.0 Å². The second-order valence-corrected chi connectivity index (χ2v) is 7.12. The molecule has 0 aliphatic carbocycles. The molecule has 0 bridgehead atoms. The minimum Gasteiger partial charge on any atom is -0.507 e. The second-order valence-electron chi connectivity index (χ2n) is 7.12. The molecule has 0 unspecified atom stereocenters. The zero-order valence-corrected chi connectivity index (χ0v) is 15.0. The van der Waals surface area contributed by atoms with E-state index in [0.717, 1.165) is 12.8 Å². The van der Waals surface area contributed by atoms with E-state index in [-0.39, 0.29) is 34.5 Å². The van der Waals surface area contributed by atoms with Crippen LogP contribution >= 0.6 is 0 Å². The Morgan fingerprint density at radius 2 is 1.96 bits per heavy atom. The van der Waals surface area contributed by atoms with Crippen molar-refractivity contribution in [1.29, 1.82) is 0 Å². The quantitative estimate of drug-likeness (QED) is 0.598. The highest BCUT2D eigenvalue weighted by atomic mass is 16.5. The van der Waals surface area contributed by atoms with Gasteiger partial charge < -0.3 is 14.9 Å². The van der Waals surface area contributed by atoms with Gasteiger partial charge in [-0.25, -0.2) is 0 Å². The normalized spacial score (nSPS) is 18.9. The van der Waals surface area contributed by atoms with Crippen LogP contribution in [0.2, 0.25) is 0 Å². The topological polar surface area (TPSA) is 66.8 Å². The number of benzene rings is 1. The van der Waals surface area contributed by atoms with Crippen LogP contribution in [0.1, 0.15) is 63.4 Å². The van der Waals surface area contributed by atoms with Gasteiger partial charge in [-0.3, -0.25) is 4.79 Å². The SMILES string of the molecule is CC(C)=CCC[C@]1(C)C=Cc2c(O)cc(O)c(C(=O)C(C)C)c2O1. The molecule has 130 valence electrons. The Kier molecular flexibility index (Phi) is 5.07. The van der Waals surface area contributed by atoms with E-state index >= 15 is 0 Å². The fourth-order valence-corrected chi connectivity index (χ4v) is 2.75. The van der Waals surface area contributed by atoms with Gasteiger partial charge in [0.25, 0.3) is 0 Å². The third kappa shape index (κ3) is 3.64. The summed E-state index contributed by atoms with van der Waals surface area (Å²) < 4.78 is 6.11. The highest BCUT2D eigenvalue weighted by Crippen LogP contribution is 2.45. The molecular weight excluding hydrogens is 304 g/mol. The third-order valence-corrected chi connectivity index (χ3v) is 4.18. The molecule has 1 aromatic rings. The minimum atomic E-state index is -0.592. The zero-order chi connectivity index (χ0) is 18.1. The van der Waals surface area contributed by atoms with Crippen LogP contribution in [0.5, 0.6) is 17.2 Å². The number of ether oxygens (including phenoxy) is 1. The molecule has 2 rings (SSSR count). The van der Waals surface area contributed by atoms with Gasteiger partial charge in [0.05, 0.1) is 5.56 Å². The maximum absolute atomic E-state index is 12.5. The van der Waals surface area contributed by atoms with Gasteiger partial charge in [-0.15, -0.1) is 0 Å². The smallest absolute Gasteiger partial charge is 0.172 e. The van der Waals surface area contributed by atoms with Crippen molar-refractivity contribution in [2.45, 2.75) is 53.1 Å². The van der Waals surface area contributed by atoms with E-state index in [1.165, 1.54) is 11.6 Å². The summed E-state index contributed by atoms with van der Waals surface area (Å²) in [6, 6.07) is 1.20. The average Bonchev–Trinajstić information content (AvgIpc) is 2.45. The maximum atomic E-state index is 12.5. The lowest BCUT2D eigenvalue weighted by molar-refractivity contribution is 0.0912. The van der Waals surface area contributed by atoms with Crippen molar-refractivity contribution in [3.05, 3.63) is 34.9 Å². The number of hydrogen-bond acceptors (Lipinski definition) is 4. The largest absolute Gasteiger partial charge is 0.507 e. The average molecular weight is 330 g/mol. The van der Waals surface area contributed by atoms with Crippen LogP contribution in [0.15, 0.2) is 23.8 Å². The molecule has 1 aromatic carbocycles. The van der Waals surface area contributed by atoms with Crippen LogP contribution in [0, 0.1) is 5.92 Å². The Bertz CT molecular complexity index is 709. The van der Waals surface area contributed by atoms with Crippen molar-refractivity contribution in [2.75, 3.05) is 0 Å². The number of phenolic OH excluding ortho intramolecular Hbond substituents is 2. The fourth-order valence-electron chi connectivity index (χ4n) is 2.75. The second kappa shape index (κ2) is 6.71. The van der Waals surface area contributed by atoms with E-state index in [0.29, 0.717) is 5.56 Å². The van der Waals surface area contributed by atoms with Gasteiger partial charge in [0.15, 0.2) is 5.78 Å². The summed E-state index contributed by atoms with van der Waals surface area (Å²) in [6.07, 6.45) is 7.39. The number of aromatic hydroxyl groups is 2. The van der Waals surface area contributed by atoms with Gasteiger partial charge in [-0.2, -0.15) is 0 Å². The predicted octanol–water partition coefficient (Wildman–Crippen LogP) is 4.85. The van der Waals surface area contributed by atoms with Crippen LogP contribution in [-0.4, -0.2) is 21.6 Å². The van der Waals surface area contributed by atoms with Crippen molar-refractivity contribution >= 4 is 11.9 Å². The van der Waals surface area contributed by atoms with Crippen LogP contribution < -0.4 is 4.74 Å². The van der Waals surface area contributed by atoms with Crippen molar-refractivity contribution in [2.24, 2.45) is 5.92 Å². The van der Waals surface area contributed by atoms with Crippen molar-refractivity contribution < 1.29 is 19.7 Å². The molecule has 0 radical (unpaired) electrons. The van der Waals surface area contributed by atoms with Crippen molar-refractivity contribution in [3.63, 3.8) is 0 Å². The number of rotatable bonds is 5. The highest BCUT2D eigenvalue weighted by molar-refractivity contribution is 6.04. The molecule has 1 aliphatic rings. The summed E-state index contributed by atoms with van der Waals surface area (Å²) >= 11 is 0. The first kappa shape index (κ1) is 18.1. The summed E-state index contributed by atoms with van der Waals surface area (Å²) in [5.74, 6) is -0.549. The van der Waals surface area contributed by atoms with Gasteiger partial charge in [0.1, 0.15) is 28.4 Å². The molecule has 0 fully saturated rings. The lowest BCUT2D eigenvalue weighted by atomic mass is 9.90.